The summed E-state index contributed by atoms with van der Waals surface area (Å²) in [5, 5.41) is 4.89. The van der Waals surface area contributed by atoms with E-state index in [-0.39, 0.29) is 17.7 Å². The number of amides is 2. The minimum absolute atomic E-state index is 0.0112. The van der Waals surface area contributed by atoms with Gasteiger partial charge in [0.25, 0.3) is 5.91 Å². The molecule has 2 amide bonds. The number of likely N-dealkylation sites (N-methyl/N-ethyl adjacent to an activating group) is 1. The molecule has 2 rings (SSSR count). The van der Waals surface area contributed by atoms with E-state index in [2.05, 4.69) is 5.32 Å². The second-order valence-electron chi connectivity index (χ2n) is 6.34. The first-order chi connectivity index (χ1) is 11.4. The van der Waals surface area contributed by atoms with Crippen molar-refractivity contribution in [3.63, 3.8) is 0 Å². The molecular formula is C19H24N2O2S. The lowest BCUT2D eigenvalue weighted by molar-refractivity contribution is -0.133. The predicted octanol–water partition coefficient (Wildman–Crippen LogP) is 3.47. The van der Waals surface area contributed by atoms with Crippen LogP contribution in [0.3, 0.4) is 0 Å². The van der Waals surface area contributed by atoms with Crippen LogP contribution in [0.1, 0.15) is 34.6 Å². The van der Waals surface area contributed by atoms with Crippen molar-refractivity contribution in [2.75, 3.05) is 7.05 Å². The van der Waals surface area contributed by atoms with Crippen LogP contribution < -0.4 is 5.32 Å². The second-order valence-corrected chi connectivity index (χ2v) is 7.37. The summed E-state index contributed by atoms with van der Waals surface area (Å²) in [6.45, 7) is 6.38. The average molecular weight is 344 g/mol. The maximum Gasteiger partial charge on any atom is 0.251 e. The molecule has 0 aliphatic rings. The van der Waals surface area contributed by atoms with Gasteiger partial charge >= 0.3 is 0 Å². The molecule has 0 saturated carbocycles. The Balaban J connectivity index is 2.08. The van der Waals surface area contributed by atoms with Crippen LogP contribution in [0.15, 0.2) is 41.8 Å². The molecule has 1 atom stereocenters. The summed E-state index contributed by atoms with van der Waals surface area (Å²) in [6, 6.07) is 10.8. The lowest BCUT2D eigenvalue weighted by Crippen LogP contribution is -2.50. The summed E-state index contributed by atoms with van der Waals surface area (Å²) in [7, 11) is 1.77. The normalized spacial score (nSPS) is 12.0. The Morgan fingerprint density at radius 3 is 2.54 bits per heavy atom. The van der Waals surface area contributed by atoms with Crippen LogP contribution in [0, 0.1) is 12.8 Å². The van der Waals surface area contributed by atoms with Gasteiger partial charge in [0, 0.05) is 17.5 Å². The number of rotatable bonds is 6. The largest absolute Gasteiger partial charge is 0.340 e. The van der Waals surface area contributed by atoms with E-state index in [1.54, 1.807) is 29.4 Å². The molecule has 1 heterocycles. The highest BCUT2D eigenvalue weighted by molar-refractivity contribution is 7.09. The van der Waals surface area contributed by atoms with Crippen molar-refractivity contribution in [1.29, 1.82) is 0 Å². The van der Waals surface area contributed by atoms with E-state index in [9.17, 15) is 9.59 Å². The molecular weight excluding hydrogens is 320 g/mol. The summed E-state index contributed by atoms with van der Waals surface area (Å²) in [5.41, 5.74) is 1.60. The number of thiophene rings is 1. The third-order valence-corrected chi connectivity index (χ3v) is 4.71. The Kier molecular flexibility index (Phi) is 6.15. The van der Waals surface area contributed by atoms with Crippen molar-refractivity contribution in [3.05, 3.63) is 57.8 Å². The molecule has 128 valence electrons. The topological polar surface area (TPSA) is 49.4 Å². The van der Waals surface area contributed by atoms with Gasteiger partial charge in [-0.25, -0.2) is 0 Å². The summed E-state index contributed by atoms with van der Waals surface area (Å²) in [5.74, 6) is -0.272. The molecule has 0 aliphatic heterocycles. The van der Waals surface area contributed by atoms with Crippen LogP contribution in [0.5, 0.6) is 0 Å². The van der Waals surface area contributed by atoms with E-state index in [1.165, 1.54) is 0 Å². The Morgan fingerprint density at radius 2 is 1.96 bits per heavy atom. The maximum absolute atomic E-state index is 12.8. The maximum atomic E-state index is 12.8. The first kappa shape index (κ1) is 18.2. The zero-order chi connectivity index (χ0) is 17.7. The van der Waals surface area contributed by atoms with Crippen LogP contribution in [-0.2, 0) is 11.3 Å². The zero-order valence-corrected chi connectivity index (χ0v) is 15.4. The molecule has 0 saturated heterocycles. The predicted molar refractivity (Wildman–Crippen MR) is 98.1 cm³/mol. The quantitative estimate of drug-likeness (QED) is 0.872. The van der Waals surface area contributed by atoms with Crippen molar-refractivity contribution < 1.29 is 9.59 Å². The lowest BCUT2D eigenvalue weighted by Gasteiger charge is -2.27. The van der Waals surface area contributed by atoms with Gasteiger partial charge in [-0.15, -0.1) is 11.3 Å². The van der Waals surface area contributed by atoms with Gasteiger partial charge in [-0.1, -0.05) is 37.6 Å². The molecule has 1 aromatic carbocycles. The second kappa shape index (κ2) is 8.11. The number of carbonyl (C=O) groups is 2. The third-order valence-electron chi connectivity index (χ3n) is 3.85. The van der Waals surface area contributed by atoms with Gasteiger partial charge in [-0.05, 0) is 36.4 Å². The summed E-state index contributed by atoms with van der Waals surface area (Å²) in [4.78, 5) is 28.0. The highest BCUT2D eigenvalue weighted by Gasteiger charge is 2.27. The van der Waals surface area contributed by atoms with Gasteiger partial charge < -0.3 is 10.2 Å². The highest BCUT2D eigenvalue weighted by atomic mass is 32.1. The first-order valence-electron chi connectivity index (χ1n) is 8.03. The van der Waals surface area contributed by atoms with Gasteiger partial charge in [0.1, 0.15) is 6.04 Å². The molecule has 0 radical (unpaired) electrons. The van der Waals surface area contributed by atoms with E-state index >= 15 is 0 Å². The Bertz CT molecular complexity index is 695. The van der Waals surface area contributed by atoms with Crippen LogP contribution in [0.4, 0.5) is 0 Å². The monoisotopic (exact) mass is 344 g/mol. The van der Waals surface area contributed by atoms with Crippen molar-refractivity contribution in [2.24, 2.45) is 5.92 Å². The van der Waals surface area contributed by atoms with Crippen LogP contribution in [-0.4, -0.2) is 29.8 Å². The number of aryl methyl sites for hydroxylation is 1. The van der Waals surface area contributed by atoms with E-state index < -0.39 is 6.04 Å². The SMILES string of the molecule is Cc1cccc(C(=O)NC(C(=O)N(C)Cc2cccs2)C(C)C)c1. The van der Waals surface area contributed by atoms with Gasteiger partial charge in [0.05, 0.1) is 6.54 Å². The van der Waals surface area contributed by atoms with Crippen molar-refractivity contribution in [3.8, 4) is 0 Å². The first-order valence-corrected chi connectivity index (χ1v) is 8.91. The number of nitrogens with one attached hydrogen (secondary N) is 1. The Morgan fingerprint density at radius 1 is 1.21 bits per heavy atom. The molecule has 24 heavy (non-hydrogen) atoms. The minimum Gasteiger partial charge on any atom is -0.340 e. The van der Waals surface area contributed by atoms with E-state index in [4.69, 9.17) is 0 Å². The van der Waals surface area contributed by atoms with E-state index in [1.807, 2.05) is 56.5 Å². The van der Waals surface area contributed by atoms with Crippen LogP contribution in [0.25, 0.3) is 0 Å². The summed E-state index contributed by atoms with van der Waals surface area (Å²) < 4.78 is 0. The highest BCUT2D eigenvalue weighted by Crippen LogP contribution is 2.14. The fraction of sp³-hybridized carbons (Fsp3) is 0.368. The summed E-state index contributed by atoms with van der Waals surface area (Å²) in [6.07, 6.45) is 0. The number of hydrogen-bond donors (Lipinski definition) is 1. The molecule has 5 heteroatoms. The molecule has 1 unspecified atom stereocenters. The number of carbonyl (C=O) groups excluding carboxylic acids is 2. The minimum atomic E-state index is -0.539. The Labute approximate surface area is 147 Å². The van der Waals surface area contributed by atoms with Crippen molar-refractivity contribution in [1.82, 2.24) is 10.2 Å². The molecule has 1 aromatic heterocycles. The smallest absolute Gasteiger partial charge is 0.251 e. The van der Waals surface area contributed by atoms with Gasteiger partial charge in [-0.3, -0.25) is 9.59 Å². The molecule has 0 spiro atoms. The molecule has 0 fully saturated rings. The fourth-order valence-corrected chi connectivity index (χ4v) is 3.23. The number of nitrogens with zero attached hydrogens (tertiary/aromatic N) is 1. The van der Waals surface area contributed by atoms with Gasteiger partial charge in [-0.2, -0.15) is 0 Å². The molecule has 4 nitrogen and oxygen atoms in total. The molecule has 2 aromatic rings. The van der Waals surface area contributed by atoms with Crippen LogP contribution >= 0.6 is 11.3 Å². The van der Waals surface area contributed by atoms with Gasteiger partial charge in [0.15, 0.2) is 0 Å². The Hall–Kier alpha value is -2.14. The van der Waals surface area contributed by atoms with Crippen molar-refractivity contribution >= 4 is 23.2 Å². The van der Waals surface area contributed by atoms with Crippen LogP contribution in [0.2, 0.25) is 0 Å². The zero-order valence-electron chi connectivity index (χ0n) is 14.6. The lowest BCUT2D eigenvalue weighted by atomic mass is 10.0. The molecule has 0 bridgehead atoms. The van der Waals surface area contributed by atoms with E-state index in [0.717, 1.165) is 10.4 Å². The summed E-state index contributed by atoms with van der Waals surface area (Å²) >= 11 is 1.62. The molecule has 0 aliphatic carbocycles. The fourth-order valence-electron chi connectivity index (χ4n) is 2.48. The van der Waals surface area contributed by atoms with E-state index in [0.29, 0.717) is 12.1 Å². The average Bonchev–Trinajstić information content (AvgIpc) is 3.04. The standard InChI is InChI=1S/C19H24N2O2S/c1-13(2)17(19(23)21(4)12-16-9-6-10-24-16)20-18(22)15-8-5-7-14(3)11-15/h5-11,13,17H,12H2,1-4H3,(H,20,22). The molecule has 1 N–H and O–H groups in total. The third kappa shape index (κ3) is 4.68. The number of benzene rings is 1. The number of hydrogen-bond acceptors (Lipinski definition) is 3. The van der Waals surface area contributed by atoms with Crippen molar-refractivity contribution in [2.45, 2.75) is 33.4 Å². The van der Waals surface area contributed by atoms with Gasteiger partial charge in [0.2, 0.25) is 5.91 Å².